The van der Waals surface area contributed by atoms with Gasteiger partial charge >= 0.3 is 0 Å². The van der Waals surface area contributed by atoms with E-state index in [4.69, 9.17) is 4.42 Å². The molecule has 1 amide bonds. The quantitative estimate of drug-likeness (QED) is 0.797. The lowest BCUT2D eigenvalue weighted by Gasteiger charge is -2.22. The smallest absolute Gasteiger partial charge is 0.237 e. The molecule has 1 aromatic rings. The van der Waals surface area contributed by atoms with Crippen LogP contribution in [-0.2, 0) is 21.4 Å². The third-order valence-electron chi connectivity index (χ3n) is 3.15. The van der Waals surface area contributed by atoms with Gasteiger partial charge in [-0.1, -0.05) is 0 Å². The second-order valence-electron chi connectivity index (χ2n) is 4.70. The van der Waals surface area contributed by atoms with Crippen molar-refractivity contribution in [1.29, 1.82) is 0 Å². The molecule has 6 nitrogen and oxygen atoms in total. The maximum absolute atomic E-state index is 12.0. The number of carbonyl (C=O) groups is 1. The minimum atomic E-state index is -3.44. The van der Waals surface area contributed by atoms with Gasteiger partial charge in [0.15, 0.2) is 0 Å². The molecule has 1 aromatic heterocycles. The fraction of sp³-hybridized carbons (Fsp3) is 0.583. The Balaban J connectivity index is 2.03. The van der Waals surface area contributed by atoms with E-state index in [-0.39, 0.29) is 19.0 Å². The highest BCUT2D eigenvalue weighted by Gasteiger charge is 2.25. The summed E-state index contributed by atoms with van der Waals surface area (Å²) in [6, 6.07) is 3.39. The Labute approximate surface area is 113 Å². The second-order valence-corrected chi connectivity index (χ2v) is 6.68. The van der Waals surface area contributed by atoms with Crippen LogP contribution in [0.15, 0.2) is 22.8 Å². The van der Waals surface area contributed by atoms with E-state index in [0.29, 0.717) is 5.76 Å². The van der Waals surface area contributed by atoms with Crippen molar-refractivity contribution in [2.45, 2.75) is 19.4 Å². The molecule has 0 spiro atoms. The van der Waals surface area contributed by atoms with Crippen molar-refractivity contribution in [3.05, 3.63) is 24.2 Å². The number of likely N-dealkylation sites (tertiary alicyclic amines) is 1. The minimum Gasteiger partial charge on any atom is -0.468 e. The van der Waals surface area contributed by atoms with Crippen molar-refractivity contribution in [3.8, 4) is 0 Å². The molecule has 0 unspecified atom stereocenters. The van der Waals surface area contributed by atoms with E-state index in [1.807, 2.05) is 0 Å². The molecule has 19 heavy (non-hydrogen) atoms. The van der Waals surface area contributed by atoms with Crippen LogP contribution in [-0.4, -0.2) is 49.4 Å². The zero-order chi connectivity index (χ0) is 13.9. The standard InChI is InChI=1S/C12H18N2O4S/c1-19(16,17)14(9-11-5-4-8-18-11)10-12(15)13-6-2-3-7-13/h4-5,8H,2-3,6-7,9-10H2,1H3. The molecule has 0 bridgehead atoms. The Morgan fingerprint density at radius 3 is 2.63 bits per heavy atom. The van der Waals surface area contributed by atoms with Crippen LogP contribution in [0.5, 0.6) is 0 Å². The topological polar surface area (TPSA) is 70.8 Å². The van der Waals surface area contributed by atoms with Crippen molar-refractivity contribution in [1.82, 2.24) is 9.21 Å². The van der Waals surface area contributed by atoms with Crippen LogP contribution < -0.4 is 0 Å². The van der Waals surface area contributed by atoms with Gasteiger partial charge in [0, 0.05) is 13.1 Å². The summed E-state index contributed by atoms with van der Waals surface area (Å²) in [6.45, 7) is 1.40. The Hall–Kier alpha value is -1.34. The molecule has 0 aliphatic carbocycles. The molecule has 2 heterocycles. The Morgan fingerprint density at radius 2 is 2.11 bits per heavy atom. The number of sulfonamides is 1. The van der Waals surface area contributed by atoms with Crippen molar-refractivity contribution in [2.75, 3.05) is 25.9 Å². The van der Waals surface area contributed by atoms with E-state index in [9.17, 15) is 13.2 Å². The summed E-state index contributed by atoms with van der Waals surface area (Å²) in [6.07, 6.45) is 4.57. The van der Waals surface area contributed by atoms with Crippen LogP contribution >= 0.6 is 0 Å². The average Bonchev–Trinajstić information content (AvgIpc) is 2.99. The van der Waals surface area contributed by atoms with Crippen molar-refractivity contribution < 1.29 is 17.6 Å². The summed E-state index contributed by atoms with van der Waals surface area (Å²) in [5, 5.41) is 0. The monoisotopic (exact) mass is 286 g/mol. The first kappa shape index (κ1) is 14.1. The van der Waals surface area contributed by atoms with Crippen LogP contribution in [0.2, 0.25) is 0 Å². The molecule has 7 heteroatoms. The van der Waals surface area contributed by atoms with E-state index < -0.39 is 10.0 Å². The Bertz CT molecular complexity index is 518. The Morgan fingerprint density at radius 1 is 1.42 bits per heavy atom. The SMILES string of the molecule is CS(=O)(=O)N(CC(=O)N1CCCC1)Cc1ccco1. The highest BCUT2D eigenvalue weighted by molar-refractivity contribution is 7.88. The summed E-state index contributed by atoms with van der Waals surface area (Å²) in [5.41, 5.74) is 0. The number of rotatable bonds is 5. The summed E-state index contributed by atoms with van der Waals surface area (Å²) >= 11 is 0. The fourth-order valence-corrected chi connectivity index (χ4v) is 2.79. The first-order chi connectivity index (χ1) is 8.97. The fourth-order valence-electron chi connectivity index (χ4n) is 2.08. The lowest BCUT2D eigenvalue weighted by atomic mass is 10.4. The molecule has 0 saturated carbocycles. The van der Waals surface area contributed by atoms with Crippen molar-refractivity contribution in [2.24, 2.45) is 0 Å². The molecule has 1 saturated heterocycles. The second kappa shape index (κ2) is 5.75. The van der Waals surface area contributed by atoms with Gasteiger partial charge in [0.2, 0.25) is 15.9 Å². The largest absolute Gasteiger partial charge is 0.468 e. The summed E-state index contributed by atoms with van der Waals surface area (Å²) in [7, 11) is -3.44. The lowest BCUT2D eigenvalue weighted by molar-refractivity contribution is -0.130. The average molecular weight is 286 g/mol. The molecule has 1 aliphatic heterocycles. The number of amides is 1. The normalized spacial score (nSPS) is 16.2. The van der Waals surface area contributed by atoms with Gasteiger partial charge in [-0.25, -0.2) is 8.42 Å². The maximum atomic E-state index is 12.0. The van der Waals surface area contributed by atoms with Crippen molar-refractivity contribution >= 4 is 15.9 Å². The maximum Gasteiger partial charge on any atom is 0.237 e. The third kappa shape index (κ3) is 3.81. The first-order valence-electron chi connectivity index (χ1n) is 6.22. The zero-order valence-corrected chi connectivity index (χ0v) is 11.7. The van der Waals surface area contributed by atoms with Crippen LogP contribution in [0.4, 0.5) is 0 Å². The number of nitrogens with zero attached hydrogens (tertiary/aromatic N) is 2. The van der Waals surface area contributed by atoms with Gasteiger partial charge < -0.3 is 9.32 Å². The van der Waals surface area contributed by atoms with E-state index >= 15 is 0 Å². The van der Waals surface area contributed by atoms with Crippen LogP contribution in [0.1, 0.15) is 18.6 Å². The predicted molar refractivity (Wildman–Crippen MR) is 69.8 cm³/mol. The van der Waals surface area contributed by atoms with Gasteiger partial charge in [-0.3, -0.25) is 4.79 Å². The zero-order valence-electron chi connectivity index (χ0n) is 10.9. The van der Waals surface area contributed by atoms with Crippen LogP contribution in [0, 0.1) is 0 Å². The molecule has 1 aliphatic rings. The lowest BCUT2D eigenvalue weighted by Crippen LogP contribution is -2.41. The van der Waals surface area contributed by atoms with E-state index in [1.165, 1.54) is 6.26 Å². The van der Waals surface area contributed by atoms with E-state index in [2.05, 4.69) is 0 Å². The van der Waals surface area contributed by atoms with Crippen molar-refractivity contribution in [3.63, 3.8) is 0 Å². The molecule has 1 fully saturated rings. The van der Waals surface area contributed by atoms with Gasteiger partial charge in [0.05, 0.1) is 25.6 Å². The number of carbonyl (C=O) groups excluding carboxylic acids is 1. The first-order valence-corrected chi connectivity index (χ1v) is 8.07. The highest BCUT2D eigenvalue weighted by atomic mass is 32.2. The molecular formula is C12H18N2O4S. The van der Waals surface area contributed by atoms with E-state index in [1.54, 1.807) is 17.0 Å². The molecule has 2 rings (SSSR count). The van der Waals surface area contributed by atoms with Crippen LogP contribution in [0.3, 0.4) is 0 Å². The van der Waals surface area contributed by atoms with Gasteiger partial charge in [-0.2, -0.15) is 4.31 Å². The summed E-state index contributed by atoms with van der Waals surface area (Å²) in [4.78, 5) is 13.7. The molecule has 0 radical (unpaired) electrons. The Kier molecular flexibility index (Phi) is 4.26. The molecule has 106 valence electrons. The van der Waals surface area contributed by atoms with Gasteiger partial charge in [0.1, 0.15) is 5.76 Å². The molecular weight excluding hydrogens is 268 g/mol. The van der Waals surface area contributed by atoms with Gasteiger partial charge in [-0.05, 0) is 25.0 Å². The number of furan rings is 1. The summed E-state index contributed by atoms with van der Waals surface area (Å²) in [5.74, 6) is 0.383. The van der Waals surface area contributed by atoms with Crippen LogP contribution in [0.25, 0.3) is 0 Å². The molecule has 0 aromatic carbocycles. The van der Waals surface area contributed by atoms with Gasteiger partial charge in [0.25, 0.3) is 0 Å². The molecule has 0 atom stereocenters. The van der Waals surface area contributed by atoms with E-state index in [0.717, 1.165) is 36.5 Å². The molecule has 0 N–H and O–H groups in total. The third-order valence-corrected chi connectivity index (χ3v) is 4.35. The number of hydrogen-bond acceptors (Lipinski definition) is 4. The predicted octanol–water partition coefficient (Wildman–Crippen LogP) is 0.664. The van der Waals surface area contributed by atoms with Gasteiger partial charge in [-0.15, -0.1) is 0 Å². The minimum absolute atomic E-state index is 0.0887. The number of hydrogen-bond donors (Lipinski definition) is 0. The highest BCUT2D eigenvalue weighted by Crippen LogP contribution is 2.12. The summed E-state index contributed by atoms with van der Waals surface area (Å²) < 4.78 is 29.7.